The first-order valence-electron chi connectivity index (χ1n) is 8.57. The van der Waals surface area contributed by atoms with Crippen LogP contribution in [0.25, 0.3) is 0 Å². The fourth-order valence-electron chi connectivity index (χ4n) is 3.72. The summed E-state index contributed by atoms with van der Waals surface area (Å²) in [5.41, 5.74) is 3.68. The third kappa shape index (κ3) is 3.62. The highest BCUT2D eigenvalue weighted by Crippen LogP contribution is 2.42. The highest BCUT2D eigenvalue weighted by atomic mass is 79.9. The standard InChI is InChI=1S/C20H20BrClN2O/c21-16-5-4-15-12-20(6-8-25-9-7-20)19(24-18(15)11-16)23-13-14-2-1-3-17(22)10-14/h1-5,10-11H,6-9,12-13H2,(H,23,24). The zero-order chi connectivity index (χ0) is 17.3. The van der Waals surface area contributed by atoms with Gasteiger partial charge in [-0.2, -0.15) is 0 Å². The van der Waals surface area contributed by atoms with E-state index < -0.39 is 0 Å². The Morgan fingerprint density at radius 2 is 2.00 bits per heavy atom. The lowest BCUT2D eigenvalue weighted by Gasteiger charge is -2.42. The highest BCUT2D eigenvalue weighted by Gasteiger charge is 2.41. The van der Waals surface area contributed by atoms with Crippen LogP contribution in [-0.4, -0.2) is 19.0 Å². The van der Waals surface area contributed by atoms with Crippen molar-refractivity contribution < 1.29 is 4.74 Å². The molecule has 1 saturated heterocycles. The number of halogens is 2. The summed E-state index contributed by atoms with van der Waals surface area (Å²) in [6.07, 6.45) is 3.02. The Morgan fingerprint density at radius 1 is 1.16 bits per heavy atom. The Kier molecular flexibility index (Phi) is 4.85. The van der Waals surface area contributed by atoms with Gasteiger partial charge in [-0.3, -0.25) is 4.99 Å². The molecule has 3 nitrogen and oxygen atoms in total. The molecule has 0 bridgehead atoms. The van der Waals surface area contributed by atoms with Crippen molar-refractivity contribution in [2.24, 2.45) is 10.4 Å². The zero-order valence-electron chi connectivity index (χ0n) is 13.9. The molecule has 4 rings (SSSR count). The lowest BCUT2D eigenvalue weighted by molar-refractivity contribution is 0.0448. The summed E-state index contributed by atoms with van der Waals surface area (Å²) in [7, 11) is 0. The molecule has 25 heavy (non-hydrogen) atoms. The molecule has 2 aliphatic rings. The third-order valence-electron chi connectivity index (χ3n) is 5.11. The van der Waals surface area contributed by atoms with Crippen LogP contribution in [0.4, 0.5) is 5.69 Å². The molecule has 1 N–H and O–H groups in total. The van der Waals surface area contributed by atoms with Crippen molar-refractivity contribution in [1.29, 1.82) is 0 Å². The minimum atomic E-state index is 0.0532. The second kappa shape index (κ2) is 7.10. The molecule has 2 aliphatic heterocycles. The fourth-order valence-corrected chi connectivity index (χ4v) is 4.29. The van der Waals surface area contributed by atoms with Crippen LogP contribution >= 0.6 is 27.5 Å². The number of fused-ring (bicyclic) bond motifs is 1. The number of anilines is 1. The molecule has 0 atom stereocenters. The van der Waals surface area contributed by atoms with Crippen LogP contribution < -0.4 is 5.32 Å². The lowest BCUT2D eigenvalue weighted by atomic mass is 9.71. The number of benzene rings is 2. The van der Waals surface area contributed by atoms with E-state index in [1.54, 1.807) is 0 Å². The Balaban J connectivity index is 1.68. The summed E-state index contributed by atoms with van der Waals surface area (Å²) in [6, 6.07) is 14.4. The van der Waals surface area contributed by atoms with Gasteiger partial charge in [-0.15, -0.1) is 0 Å². The van der Waals surface area contributed by atoms with Crippen LogP contribution in [0.15, 0.2) is 51.9 Å². The van der Waals surface area contributed by atoms with Crippen LogP contribution in [0.2, 0.25) is 5.02 Å². The topological polar surface area (TPSA) is 33.6 Å². The van der Waals surface area contributed by atoms with Crippen molar-refractivity contribution in [2.45, 2.75) is 25.8 Å². The van der Waals surface area contributed by atoms with Gasteiger partial charge in [-0.05, 0) is 54.7 Å². The van der Waals surface area contributed by atoms with Crippen LogP contribution in [0.1, 0.15) is 24.0 Å². The summed E-state index contributed by atoms with van der Waals surface area (Å²) in [5, 5.41) is 4.37. The van der Waals surface area contributed by atoms with Crippen molar-refractivity contribution in [1.82, 2.24) is 0 Å². The number of hydrogen-bond acceptors (Lipinski definition) is 2. The van der Waals surface area contributed by atoms with E-state index in [-0.39, 0.29) is 5.41 Å². The van der Waals surface area contributed by atoms with Gasteiger partial charge in [0.15, 0.2) is 0 Å². The summed E-state index contributed by atoms with van der Waals surface area (Å²) in [4.78, 5) is 4.98. The molecule has 0 unspecified atom stereocenters. The van der Waals surface area contributed by atoms with Crippen LogP contribution in [-0.2, 0) is 17.7 Å². The Bertz CT molecular complexity index is 815. The number of nitrogens with zero attached hydrogens (tertiary/aromatic N) is 1. The summed E-state index contributed by atoms with van der Waals surface area (Å²) in [6.45, 7) is 2.22. The fraction of sp³-hybridized carbons (Fsp3) is 0.350. The molecule has 2 aromatic rings. The van der Waals surface area contributed by atoms with Gasteiger partial charge in [0.25, 0.3) is 0 Å². The molecule has 130 valence electrons. The SMILES string of the molecule is Clc1cccc(CN=C2Nc3cc(Br)ccc3CC23CCOCC3)c1. The Morgan fingerprint density at radius 3 is 2.80 bits per heavy atom. The molecule has 0 aliphatic carbocycles. The minimum absolute atomic E-state index is 0.0532. The van der Waals surface area contributed by atoms with E-state index in [0.717, 1.165) is 59.1 Å². The average Bonchev–Trinajstić information content (AvgIpc) is 2.61. The van der Waals surface area contributed by atoms with Gasteiger partial charge >= 0.3 is 0 Å². The second-order valence-corrected chi connectivity index (χ2v) is 8.14. The van der Waals surface area contributed by atoms with E-state index in [0.29, 0.717) is 6.54 Å². The van der Waals surface area contributed by atoms with Gasteiger partial charge in [0.1, 0.15) is 5.84 Å². The van der Waals surface area contributed by atoms with E-state index in [9.17, 15) is 0 Å². The summed E-state index contributed by atoms with van der Waals surface area (Å²) >= 11 is 9.67. The van der Waals surface area contributed by atoms with E-state index in [4.69, 9.17) is 21.3 Å². The monoisotopic (exact) mass is 418 g/mol. The van der Waals surface area contributed by atoms with Crippen LogP contribution in [0.3, 0.4) is 0 Å². The maximum Gasteiger partial charge on any atom is 0.108 e. The van der Waals surface area contributed by atoms with E-state index in [1.165, 1.54) is 5.56 Å². The van der Waals surface area contributed by atoms with Gasteiger partial charge in [-0.25, -0.2) is 0 Å². The molecule has 5 heteroatoms. The first kappa shape index (κ1) is 17.1. The Hall–Kier alpha value is -1.36. The number of hydrogen-bond donors (Lipinski definition) is 1. The molecule has 0 amide bonds. The van der Waals surface area contributed by atoms with Crippen molar-refractivity contribution >= 4 is 39.1 Å². The van der Waals surface area contributed by atoms with Gasteiger partial charge in [0.05, 0.1) is 6.54 Å². The Labute approximate surface area is 161 Å². The molecule has 0 saturated carbocycles. The van der Waals surface area contributed by atoms with Gasteiger partial charge in [-0.1, -0.05) is 45.7 Å². The van der Waals surface area contributed by atoms with Gasteiger partial charge < -0.3 is 10.1 Å². The molecule has 0 radical (unpaired) electrons. The van der Waals surface area contributed by atoms with E-state index >= 15 is 0 Å². The average molecular weight is 420 g/mol. The van der Waals surface area contributed by atoms with Crippen molar-refractivity contribution in [3.8, 4) is 0 Å². The third-order valence-corrected chi connectivity index (χ3v) is 5.84. The van der Waals surface area contributed by atoms with Gasteiger partial charge in [0, 0.05) is 33.8 Å². The molecule has 2 heterocycles. The molecule has 2 aromatic carbocycles. The molecular formula is C20H20BrClN2O. The van der Waals surface area contributed by atoms with Crippen molar-refractivity contribution in [3.63, 3.8) is 0 Å². The van der Waals surface area contributed by atoms with Crippen LogP contribution in [0, 0.1) is 5.41 Å². The van der Waals surface area contributed by atoms with E-state index in [1.807, 2.05) is 18.2 Å². The number of nitrogens with one attached hydrogen (secondary N) is 1. The predicted octanol–water partition coefficient (Wildman–Crippen LogP) is 5.47. The number of rotatable bonds is 2. The molecular weight excluding hydrogens is 400 g/mol. The number of ether oxygens (including phenoxy) is 1. The number of amidine groups is 1. The second-order valence-electron chi connectivity index (χ2n) is 6.79. The first-order chi connectivity index (χ1) is 12.1. The normalized spacial score (nSPS) is 20.3. The smallest absolute Gasteiger partial charge is 0.108 e. The number of aliphatic imine (C=N–C) groups is 1. The quantitative estimate of drug-likeness (QED) is 0.700. The maximum absolute atomic E-state index is 6.11. The van der Waals surface area contributed by atoms with Crippen molar-refractivity contribution in [2.75, 3.05) is 18.5 Å². The summed E-state index contributed by atoms with van der Waals surface area (Å²) in [5.74, 6) is 1.08. The van der Waals surface area contributed by atoms with Gasteiger partial charge in [0.2, 0.25) is 0 Å². The van der Waals surface area contributed by atoms with E-state index in [2.05, 4.69) is 45.5 Å². The zero-order valence-corrected chi connectivity index (χ0v) is 16.2. The summed E-state index contributed by atoms with van der Waals surface area (Å²) < 4.78 is 6.70. The largest absolute Gasteiger partial charge is 0.381 e. The lowest BCUT2D eigenvalue weighted by Crippen LogP contribution is -2.45. The van der Waals surface area contributed by atoms with Crippen molar-refractivity contribution in [3.05, 3.63) is 63.1 Å². The maximum atomic E-state index is 6.11. The molecule has 1 spiro atoms. The first-order valence-corrected chi connectivity index (χ1v) is 9.74. The minimum Gasteiger partial charge on any atom is -0.381 e. The predicted molar refractivity (Wildman–Crippen MR) is 107 cm³/mol. The molecule has 1 fully saturated rings. The van der Waals surface area contributed by atoms with Crippen LogP contribution in [0.5, 0.6) is 0 Å². The highest BCUT2D eigenvalue weighted by molar-refractivity contribution is 9.10. The molecule has 0 aromatic heterocycles.